The van der Waals surface area contributed by atoms with Gasteiger partial charge in [-0.25, -0.2) is 9.97 Å². The number of carbonyl (C=O) groups excluding carboxylic acids is 1. The van der Waals surface area contributed by atoms with Gasteiger partial charge in [0, 0.05) is 23.8 Å². The van der Waals surface area contributed by atoms with Crippen molar-refractivity contribution < 1.29 is 18.0 Å². The summed E-state index contributed by atoms with van der Waals surface area (Å²) in [5.74, 6) is -0.519. The predicted molar refractivity (Wildman–Crippen MR) is 85.5 cm³/mol. The number of aryl methyl sites for hydroxylation is 1. The number of hydrogen-bond donors (Lipinski definition) is 1. The van der Waals surface area contributed by atoms with Gasteiger partial charge in [0.15, 0.2) is 0 Å². The molecule has 0 aliphatic rings. The Bertz CT molecular complexity index is 887. The van der Waals surface area contributed by atoms with Crippen LogP contribution >= 0.6 is 0 Å². The van der Waals surface area contributed by atoms with Crippen LogP contribution in [0, 0.1) is 6.92 Å². The number of aromatic nitrogens is 3. The molecule has 5 nitrogen and oxygen atoms in total. The Hall–Kier alpha value is -3.16. The van der Waals surface area contributed by atoms with E-state index in [-0.39, 0.29) is 11.3 Å². The highest BCUT2D eigenvalue weighted by atomic mass is 19.4. The van der Waals surface area contributed by atoms with E-state index in [1.165, 1.54) is 6.92 Å². The molecule has 0 atom stereocenters. The number of hydrogen-bond acceptors (Lipinski definition) is 3. The molecule has 0 unspecified atom stereocenters. The maximum atomic E-state index is 12.6. The summed E-state index contributed by atoms with van der Waals surface area (Å²) in [6.45, 7) is 1.37. The van der Waals surface area contributed by atoms with Crippen molar-refractivity contribution in [3.63, 3.8) is 0 Å². The third kappa shape index (κ3) is 3.68. The third-order valence-corrected chi connectivity index (χ3v) is 3.55. The second kappa shape index (κ2) is 6.39. The van der Waals surface area contributed by atoms with E-state index in [9.17, 15) is 18.0 Å². The molecule has 0 bridgehead atoms. The molecule has 25 heavy (non-hydrogen) atoms. The third-order valence-electron chi connectivity index (χ3n) is 3.55. The lowest BCUT2D eigenvalue weighted by molar-refractivity contribution is -0.141. The summed E-state index contributed by atoms with van der Waals surface area (Å²) in [4.78, 5) is 19.7. The summed E-state index contributed by atoms with van der Waals surface area (Å²) < 4.78 is 39.7. The van der Waals surface area contributed by atoms with Gasteiger partial charge in [-0.15, -0.1) is 0 Å². The summed E-state index contributed by atoms with van der Waals surface area (Å²) in [5, 5.41) is 2.64. The molecular formula is C17H13F3N4O. The van der Waals surface area contributed by atoms with Crippen molar-refractivity contribution in [2.45, 2.75) is 13.1 Å². The van der Waals surface area contributed by atoms with E-state index >= 15 is 0 Å². The van der Waals surface area contributed by atoms with Gasteiger partial charge in [-0.05, 0) is 43.3 Å². The molecular weight excluding hydrogens is 333 g/mol. The second-order valence-electron chi connectivity index (χ2n) is 5.30. The Morgan fingerprint density at radius 2 is 1.84 bits per heavy atom. The van der Waals surface area contributed by atoms with E-state index in [0.717, 1.165) is 17.8 Å². The van der Waals surface area contributed by atoms with Crippen LogP contribution < -0.4 is 5.32 Å². The number of nitrogens with one attached hydrogen (secondary N) is 1. The van der Waals surface area contributed by atoms with E-state index in [2.05, 4.69) is 15.3 Å². The maximum absolute atomic E-state index is 12.6. The fraction of sp³-hybridized carbons (Fsp3) is 0.118. The summed E-state index contributed by atoms with van der Waals surface area (Å²) in [7, 11) is 0. The molecule has 1 amide bonds. The van der Waals surface area contributed by atoms with Crippen LogP contribution in [0.2, 0.25) is 0 Å². The van der Waals surface area contributed by atoms with Gasteiger partial charge in [-0.1, -0.05) is 0 Å². The molecule has 0 radical (unpaired) electrons. The van der Waals surface area contributed by atoms with Gasteiger partial charge < -0.3 is 9.88 Å². The minimum Gasteiger partial charge on any atom is -0.322 e. The molecule has 1 N–H and O–H groups in total. The molecule has 8 heteroatoms. The Balaban J connectivity index is 1.76. The minimum absolute atomic E-state index is 0.0161. The average Bonchev–Trinajstić information content (AvgIpc) is 3.09. The van der Waals surface area contributed by atoms with Crippen molar-refractivity contribution in [3.8, 4) is 5.69 Å². The monoisotopic (exact) mass is 346 g/mol. The number of amides is 1. The van der Waals surface area contributed by atoms with Crippen LogP contribution in [0.25, 0.3) is 5.69 Å². The second-order valence-corrected chi connectivity index (χ2v) is 5.30. The predicted octanol–water partition coefficient (Wildman–Crippen LogP) is 3.85. The number of halogens is 3. The van der Waals surface area contributed by atoms with Gasteiger partial charge >= 0.3 is 6.18 Å². The van der Waals surface area contributed by atoms with Crippen molar-refractivity contribution in [3.05, 3.63) is 72.1 Å². The molecule has 2 heterocycles. The summed E-state index contributed by atoms with van der Waals surface area (Å²) >= 11 is 0. The van der Waals surface area contributed by atoms with Crippen LogP contribution in [0.15, 0.2) is 55.1 Å². The molecule has 0 spiro atoms. The number of nitrogens with zero attached hydrogens (tertiary/aromatic N) is 3. The van der Waals surface area contributed by atoms with E-state index in [0.29, 0.717) is 5.69 Å². The highest BCUT2D eigenvalue weighted by Gasteiger charge is 2.33. The topological polar surface area (TPSA) is 59.8 Å². The normalized spacial score (nSPS) is 11.4. The number of anilines is 1. The van der Waals surface area contributed by atoms with Crippen LogP contribution in [0.3, 0.4) is 0 Å². The van der Waals surface area contributed by atoms with Gasteiger partial charge in [-0.3, -0.25) is 4.79 Å². The number of rotatable bonds is 3. The van der Waals surface area contributed by atoms with Crippen molar-refractivity contribution in [2.24, 2.45) is 0 Å². The molecule has 0 fully saturated rings. The Morgan fingerprint density at radius 3 is 2.40 bits per heavy atom. The van der Waals surface area contributed by atoms with Crippen molar-refractivity contribution >= 4 is 11.6 Å². The van der Waals surface area contributed by atoms with Crippen LogP contribution in [0.1, 0.15) is 21.7 Å². The van der Waals surface area contributed by atoms with Crippen LogP contribution in [-0.4, -0.2) is 20.4 Å². The minimum atomic E-state index is -4.54. The number of benzene rings is 1. The Morgan fingerprint density at radius 1 is 1.12 bits per heavy atom. The lowest BCUT2D eigenvalue weighted by Gasteiger charge is -2.11. The molecule has 0 saturated carbocycles. The standard InChI is InChI=1S/C17H13F3N4O/c1-11-14(6-7-15(22-11)17(18,19)20)16(25)23-12-2-4-13(5-3-12)24-9-8-21-10-24/h2-10H,1H3,(H,23,25). The molecule has 1 aromatic carbocycles. The first-order valence-corrected chi connectivity index (χ1v) is 7.29. The van der Waals surface area contributed by atoms with Crippen LogP contribution in [-0.2, 0) is 6.18 Å². The number of imidazole rings is 1. The van der Waals surface area contributed by atoms with Gasteiger partial charge in [0.1, 0.15) is 5.69 Å². The SMILES string of the molecule is Cc1nc(C(F)(F)F)ccc1C(=O)Nc1ccc(-n2ccnc2)cc1. The highest BCUT2D eigenvalue weighted by molar-refractivity contribution is 6.05. The largest absolute Gasteiger partial charge is 0.433 e. The lowest BCUT2D eigenvalue weighted by atomic mass is 10.1. The zero-order chi connectivity index (χ0) is 18.0. The fourth-order valence-corrected chi connectivity index (χ4v) is 2.29. The molecule has 0 saturated heterocycles. The average molecular weight is 346 g/mol. The number of alkyl halides is 3. The molecule has 2 aromatic heterocycles. The first-order chi connectivity index (χ1) is 11.8. The molecule has 0 aliphatic heterocycles. The first-order valence-electron chi connectivity index (χ1n) is 7.29. The maximum Gasteiger partial charge on any atom is 0.433 e. The van der Waals surface area contributed by atoms with Crippen molar-refractivity contribution in [2.75, 3.05) is 5.32 Å². The molecule has 128 valence electrons. The van der Waals surface area contributed by atoms with E-state index in [4.69, 9.17) is 0 Å². The van der Waals surface area contributed by atoms with Crippen molar-refractivity contribution in [1.29, 1.82) is 0 Å². The van der Waals surface area contributed by atoms with E-state index in [1.54, 1.807) is 47.6 Å². The summed E-state index contributed by atoms with van der Waals surface area (Å²) in [5.41, 5.74) is 0.469. The number of pyridine rings is 1. The molecule has 3 aromatic rings. The zero-order valence-corrected chi connectivity index (χ0v) is 13.1. The summed E-state index contributed by atoms with van der Waals surface area (Å²) in [6, 6.07) is 8.88. The lowest BCUT2D eigenvalue weighted by Crippen LogP contribution is -2.16. The van der Waals surface area contributed by atoms with Gasteiger partial charge in [0.2, 0.25) is 0 Å². The van der Waals surface area contributed by atoms with Gasteiger partial charge in [0.25, 0.3) is 5.91 Å². The molecule has 3 rings (SSSR count). The zero-order valence-electron chi connectivity index (χ0n) is 13.1. The highest BCUT2D eigenvalue weighted by Crippen LogP contribution is 2.28. The van der Waals surface area contributed by atoms with E-state index in [1.807, 2.05) is 0 Å². The Kier molecular flexibility index (Phi) is 4.26. The Labute approximate surface area is 141 Å². The quantitative estimate of drug-likeness (QED) is 0.784. The van der Waals surface area contributed by atoms with Gasteiger partial charge in [-0.2, -0.15) is 13.2 Å². The van der Waals surface area contributed by atoms with Crippen molar-refractivity contribution in [1.82, 2.24) is 14.5 Å². The van der Waals surface area contributed by atoms with Crippen LogP contribution in [0.5, 0.6) is 0 Å². The van der Waals surface area contributed by atoms with Crippen LogP contribution in [0.4, 0.5) is 18.9 Å². The molecule has 0 aliphatic carbocycles. The van der Waals surface area contributed by atoms with Gasteiger partial charge in [0.05, 0.1) is 17.6 Å². The number of carbonyl (C=O) groups is 1. The first kappa shape index (κ1) is 16.7. The smallest absolute Gasteiger partial charge is 0.322 e. The fourth-order valence-electron chi connectivity index (χ4n) is 2.29. The van der Waals surface area contributed by atoms with E-state index < -0.39 is 17.8 Å². The summed E-state index contributed by atoms with van der Waals surface area (Å²) in [6.07, 6.45) is 0.536.